The number of hydrogen-bond acceptors (Lipinski definition) is 2. The first-order chi connectivity index (χ1) is 5.61. The van der Waals surface area contributed by atoms with Gasteiger partial charge in [0.1, 0.15) is 5.82 Å². The van der Waals surface area contributed by atoms with Crippen LogP contribution in [0.15, 0.2) is 24.3 Å². The number of nitrogens with two attached hydrogens (primary N) is 2. The van der Waals surface area contributed by atoms with Crippen molar-refractivity contribution in [3.05, 3.63) is 35.6 Å². The Morgan fingerprint density at radius 3 is 1.80 bits per heavy atom. The van der Waals surface area contributed by atoms with E-state index in [4.69, 9.17) is 11.5 Å². The van der Waals surface area contributed by atoms with Crippen molar-refractivity contribution in [2.24, 2.45) is 11.5 Å². The molecule has 0 saturated heterocycles. The quantitative estimate of drug-likeness (QED) is 0.491. The Morgan fingerprint density at radius 1 is 1.07 bits per heavy atom. The molecule has 0 unspecified atom stereocenters. The van der Waals surface area contributed by atoms with Gasteiger partial charge in [-0.15, -0.1) is 0 Å². The molecule has 2 nitrogen and oxygen atoms in total. The fourth-order valence-corrected chi connectivity index (χ4v) is 0.989. The van der Waals surface area contributed by atoms with E-state index in [0.29, 0.717) is 0 Å². The van der Waals surface area contributed by atoms with Gasteiger partial charge in [-0.3, -0.25) is 0 Å². The Balaban J connectivity index is -0.000000480. The van der Waals surface area contributed by atoms with Crippen molar-refractivity contribution in [1.82, 2.24) is 0 Å². The number of hydrogen-bond donors (Lipinski definition) is 2. The first kappa shape index (κ1) is 20.7. The van der Waals surface area contributed by atoms with Crippen molar-refractivity contribution in [3.8, 4) is 0 Å². The minimum absolute atomic E-state index is 0. The standard InChI is InChI=1S/C9H13FN2.2ClH.Pt/c1-6(11)9(12)7-2-4-8(10)5-3-7;;;/h2-6,9H,11-12H2,1H3;2*1H;/q;;;+2/p-2/t6-,9+;;;/m0.../s1. The van der Waals surface area contributed by atoms with Crippen molar-refractivity contribution in [1.29, 1.82) is 0 Å². The predicted octanol–water partition coefficient (Wildman–Crippen LogP) is -4.82. The molecule has 0 heterocycles. The number of benzene rings is 1. The molecule has 0 bridgehead atoms. The summed E-state index contributed by atoms with van der Waals surface area (Å²) in [7, 11) is 0. The molecule has 0 aliphatic rings. The second-order valence-electron chi connectivity index (χ2n) is 2.94. The Labute approximate surface area is 116 Å². The molecule has 0 amide bonds. The Morgan fingerprint density at radius 2 is 1.47 bits per heavy atom. The SMILES string of the molecule is C[C@H](N)[C@@H](N)c1ccc(F)cc1.[Cl-].[Cl-].[Pt+2]. The average molecular weight is 434 g/mol. The Hall–Kier alpha value is 0.338. The molecule has 6 heteroatoms. The molecular weight excluding hydrogens is 421 g/mol. The molecule has 1 rings (SSSR count). The molecule has 2 atom stereocenters. The first-order valence-corrected chi connectivity index (χ1v) is 3.88. The number of rotatable bonds is 2. The molecular formula is C9H13Cl2FN2Pt. The van der Waals surface area contributed by atoms with Crippen LogP contribution < -0.4 is 36.3 Å². The molecule has 0 saturated carbocycles. The third-order valence-corrected chi connectivity index (χ3v) is 1.82. The third kappa shape index (κ3) is 6.49. The second-order valence-corrected chi connectivity index (χ2v) is 2.94. The molecule has 0 radical (unpaired) electrons. The minimum atomic E-state index is -0.254. The van der Waals surface area contributed by atoms with E-state index >= 15 is 0 Å². The van der Waals surface area contributed by atoms with Crippen LogP contribution in [0.3, 0.4) is 0 Å². The van der Waals surface area contributed by atoms with Gasteiger partial charge in [0, 0.05) is 12.1 Å². The maximum Gasteiger partial charge on any atom is 2.00 e. The summed E-state index contributed by atoms with van der Waals surface area (Å²) in [6.45, 7) is 1.83. The van der Waals surface area contributed by atoms with Crippen LogP contribution in [0.25, 0.3) is 0 Å². The smallest absolute Gasteiger partial charge is 1.00 e. The molecule has 0 aliphatic heterocycles. The summed E-state index contributed by atoms with van der Waals surface area (Å²) in [6.07, 6.45) is 0. The molecule has 0 spiro atoms. The van der Waals surface area contributed by atoms with Gasteiger partial charge in [-0.2, -0.15) is 0 Å². The third-order valence-electron chi connectivity index (χ3n) is 1.82. The molecule has 4 N–H and O–H groups in total. The van der Waals surface area contributed by atoms with Crippen LogP contribution in [-0.4, -0.2) is 6.04 Å². The van der Waals surface area contributed by atoms with E-state index in [1.165, 1.54) is 12.1 Å². The van der Waals surface area contributed by atoms with E-state index in [-0.39, 0.29) is 63.8 Å². The summed E-state index contributed by atoms with van der Waals surface area (Å²) < 4.78 is 12.5. The van der Waals surface area contributed by atoms with Gasteiger partial charge >= 0.3 is 21.1 Å². The molecule has 15 heavy (non-hydrogen) atoms. The molecule has 1 aromatic rings. The fourth-order valence-electron chi connectivity index (χ4n) is 0.989. The van der Waals surface area contributed by atoms with Crippen LogP contribution in [0.1, 0.15) is 18.5 Å². The van der Waals surface area contributed by atoms with E-state index in [1.807, 2.05) is 6.92 Å². The molecule has 0 fully saturated rings. The Kier molecular flexibility index (Phi) is 13.2. The summed E-state index contributed by atoms with van der Waals surface area (Å²) in [4.78, 5) is 0. The second kappa shape index (κ2) is 9.56. The van der Waals surface area contributed by atoms with E-state index in [1.54, 1.807) is 12.1 Å². The normalized spacial score (nSPS) is 12.5. The topological polar surface area (TPSA) is 52.0 Å². The molecule has 1 aromatic carbocycles. The van der Waals surface area contributed by atoms with Crippen molar-refractivity contribution in [2.75, 3.05) is 0 Å². The van der Waals surface area contributed by atoms with Crippen LogP contribution in [0, 0.1) is 5.82 Å². The monoisotopic (exact) mass is 433 g/mol. The summed E-state index contributed by atoms with van der Waals surface area (Å²) in [5.74, 6) is -0.254. The van der Waals surface area contributed by atoms with Crippen molar-refractivity contribution in [2.45, 2.75) is 19.0 Å². The van der Waals surface area contributed by atoms with Gasteiger partial charge in [0.15, 0.2) is 0 Å². The van der Waals surface area contributed by atoms with Crippen molar-refractivity contribution < 1.29 is 50.3 Å². The molecule has 0 aliphatic carbocycles. The first-order valence-electron chi connectivity index (χ1n) is 3.88. The fraction of sp³-hybridized carbons (Fsp3) is 0.333. The van der Waals surface area contributed by atoms with Crippen LogP contribution in [0.4, 0.5) is 4.39 Å². The zero-order valence-electron chi connectivity index (χ0n) is 8.07. The van der Waals surface area contributed by atoms with Crippen LogP contribution in [0.2, 0.25) is 0 Å². The Bertz CT molecular complexity index is 257. The number of halogens is 3. The summed E-state index contributed by atoms with van der Waals surface area (Å²) in [5.41, 5.74) is 12.2. The zero-order chi connectivity index (χ0) is 9.14. The molecule has 0 aromatic heterocycles. The van der Waals surface area contributed by atoms with E-state index in [9.17, 15) is 4.39 Å². The van der Waals surface area contributed by atoms with Gasteiger partial charge in [-0.05, 0) is 24.6 Å². The predicted molar refractivity (Wildman–Crippen MR) is 47.0 cm³/mol. The largest absolute Gasteiger partial charge is 2.00 e. The summed E-state index contributed by atoms with van der Waals surface area (Å²) in [5, 5.41) is 0. The average Bonchev–Trinajstić information content (AvgIpc) is 2.04. The van der Waals surface area contributed by atoms with E-state index in [0.717, 1.165) is 5.56 Å². The van der Waals surface area contributed by atoms with Gasteiger partial charge in [0.25, 0.3) is 0 Å². The van der Waals surface area contributed by atoms with Gasteiger partial charge in [-0.25, -0.2) is 4.39 Å². The van der Waals surface area contributed by atoms with Crippen LogP contribution in [0.5, 0.6) is 0 Å². The molecule has 90 valence electrons. The van der Waals surface area contributed by atoms with Crippen molar-refractivity contribution >= 4 is 0 Å². The zero-order valence-corrected chi connectivity index (χ0v) is 11.9. The minimum Gasteiger partial charge on any atom is -1.00 e. The summed E-state index contributed by atoms with van der Waals surface area (Å²) in [6, 6.07) is 5.75. The van der Waals surface area contributed by atoms with E-state index in [2.05, 4.69) is 0 Å². The van der Waals surface area contributed by atoms with Gasteiger partial charge in [0.2, 0.25) is 0 Å². The van der Waals surface area contributed by atoms with Gasteiger partial charge in [0.05, 0.1) is 0 Å². The maximum absolute atomic E-state index is 12.5. The van der Waals surface area contributed by atoms with Crippen LogP contribution in [-0.2, 0) is 21.1 Å². The van der Waals surface area contributed by atoms with Crippen LogP contribution >= 0.6 is 0 Å². The summed E-state index contributed by atoms with van der Waals surface area (Å²) >= 11 is 0. The van der Waals surface area contributed by atoms with Crippen molar-refractivity contribution in [3.63, 3.8) is 0 Å². The van der Waals surface area contributed by atoms with Gasteiger partial charge in [-0.1, -0.05) is 12.1 Å². The maximum atomic E-state index is 12.5. The van der Waals surface area contributed by atoms with Gasteiger partial charge < -0.3 is 36.3 Å². The van der Waals surface area contributed by atoms with E-state index < -0.39 is 0 Å².